The minimum absolute atomic E-state index is 0.0201. The van der Waals surface area contributed by atoms with E-state index in [1.165, 1.54) is 11.5 Å². The summed E-state index contributed by atoms with van der Waals surface area (Å²) in [6.45, 7) is 5.02. The third-order valence-corrected chi connectivity index (χ3v) is 2.85. The molecule has 76 valence electrons. The molecule has 4 heteroatoms. The van der Waals surface area contributed by atoms with E-state index < -0.39 is 6.04 Å². The van der Waals surface area contributed by atoms with E-state index in [1.54, 1.807) is 13.0 Å². The largest absolute Gasteiger partial charge is 0.302 e. The highest BCUT2D eigenvalue weighted by atomic mass is 79.9. The number of Topliss-reactive ketones (excluding diaryl/α,β-unsaturated/α-hetero) is 1. The first-order chi connectivity index (χ1) is 6.45. The number of halogens is 1. The van der Waals surface area contributed by atoms with Crippen molar-refractivity contribution in [1.29, 1.82) is 0 Å². The van der Waals surface area contributed by atoms with E-state index in [-0.39, 0.29) is 11.3 Å². The average Bonchev–Trinajstić information content (AvgIpc) is 2.12. The van der Waals surface area contributed by atoms with Gasteiger partial charge in [-0.1, -0.05) is 0 Å². The lowest BCUT2D eigenvalue weighted by molar-refractivity contribution is -0.119. The van der Waals surface area contributed by atoms with Crippen molar-refractivity contribution in [2.45, 2.75) is 26.8 Å². The summed E-state index contributed by atoms with van der Waals surface area (Å²) >= 11 is 3.15. The molecular weight excluding hydrogens is 246 g/mol. The van der Waals surface area contributed by atoms with Gasteiger partial charge < -0.3 is 4.57 Å². The fourth-order valence-corrected chi connectivity index (χ4v) is 1.61. The third kappa shape index (κ3) is 1.95. The van der Waals surface area contributed by atoms with Crippen LogP contribution in [0.15, 0.2) is 21.4 Å². The van der Waals surface area contributed by atoms with Crippen LogP contribution < -0.4 is 5.56 Å². The van der Waals surface area contributed by atoms with Crippen molar-refractivity contribution in [2.75, 3.05) is 0 Å². The second kappa shape index (κ2) is 4.09. The van der Waals surface area contributed by atoms with Crippen molar-refractivity contribution in [3.63, 3.8) is 0 Å². The Hall–Kier alpha value is -0.900. The zero-order valence-corrected chi connectivity index (χ0v) is 9.96. The van der Waals surface area contributed by atoms with Crippen molar-refractivity contribution in [1.82, 2.24) is 4.57 Å². The summed E-state index contributed by atoms with van der Waals surface area (Å²) in [5, 5.41) is 0. The summed E-state index contributed by atoms with van der Waals surface area (Å²) in [6, 6.07) is 3.10. The van der Waals surface area contributed by atoms with Crippen LogP contribution in [0, 0.1) is 6.92 Å². The molecule has 1 aromatic rings. The number of nitrogens with zero attached hydrogens (tertiary/aromatic N) is 1. The van der Waals surface area contributed by atoms with Crippen molar-refractivity contribution in [3.8, 4) is 0 Å². The second-order valence-corrected chi connectivity index (χ2v) is 4.14. The third-order valence-electron chi connectivity index (χ3n) is 2.25. The van der Waals surface area contributed by atoms with Crippen molar-refractivity contribution in [3.05, 3.63) is 32.7 Å². The zero-order chi connectivity index (χ0) is 10.9. The summed E-state index contributed by atoms with van der Waals surface area (Å²) in [5.41, 5.74) is 0.633. The first kappa shape index (κ1) is 11.2. The number of rotatable bonds is 2. The maximum atomic E-state index is 11.7. The lowest BCUT2D eigenvalue weighted by atomic mass is 10.2. The number of aromatic nitrogens is 1. The van der Waals surface area contributed by atoms with Gasteiger partial charge in [0.05, 0.1) is 10.5 Å². The first-order valence-electron chi connectivity index (χ1n) is 4.33. The standard InChI is InChI=1S/C10H12BrNO2/c1-6-4-5-9(11)10(14)12(6)7(2)8(3)13/h4-5,7H,1-3H3. The molecule has 1 rings (SSSR count). The Labute approximate surface area is 90.9 Å². The smallest absolute Gasteiger partial charge is 0.265 e. The molecule has 0 radical (unpaired) electrons. The highest BCUT2D eigenvalue weighted by Crippen LogP contribution is 2.11. The molecule has 1 aromatic heterocycles. The van der Waals surface area contributed by atoms with E-state index in [0.29, 0.717) is 4.47 Å². The van der Waals surface area contributed by atoms with Crippen molar-refractivity contribution < 1.29 is 4.79 Å². The van der Waals surface area contributed by atoms with Gasteiger partial charge in [-0.3, -0.25) is 9.59 Å². The van der Waals surface area contributed by atoms with Gasteiger partial charge in [0.1, 0.15) is 0 Å². The molecule has 0 aliphatic heterocycles. The van der Waals surface area contributed by atoms with Gasteiger partial charge >= 0.3 is 0 Å². The molecule has 0 fully saturated rings. The Morgan fingerprint density at radius 1 is 1.50 bits per heavy atom. The lowest BCUT2D eigenvalue weighted by Gasteiger charge is -2.15. The summed E-state index contributed by atoms with van der Waals surface area (Å²) in [6.07, 6.45) is 0. The van der Waals surface area contributed by atoms with Crippen LogP contribution in [-0.2, 0) is 4.79 Å². The maximum absolute atomic E-state index is 11.7. The van der Waals surface area contributed by atoms with E-state index in [4.69, 9.17) is 0 Å². The van der Waals surface area contributed by atoms with Crippen LogP contribution in [-0.4, -0.2) is 10.4 Å². The van der Waals surface area contributed by atoms with Crippen LogP contribution in [0.1, 0.15) is 25.6 Å². The molecule has 0 aromatic carbocycles. The van der Waals surface area contributed by atoms with Gasteiger partial charge in [-0.25, -0.2) is 0 Å². The maximum Gasteiger partial charge on any atom is 0.265 e. The molecule has 0 N–H and O–H groups in total. The fraction of sp³-hybridized carbons (Fsp3) is 0.400. The number of ketones is 1. The Morgan fingerprint density at radius 3 is 2.57 bits per heavy atom. The predicted molar refractivity (Wildman–Crippen MR) is 58.5 cm³/mol. The molecule has 0 bridgehead atoms. The minimum Gasteiger partial charge on any atom is -0.302 e. The Kier molecular flexibility index (Phi) is 3.26. The summed E-state index contributed by atoms with van der Waals surface area (Å²) in [5.74, 6) is -0.0201. The molecule has 0 saturated heterocycles. The van der Waals surface area contributed by atoms with Crippen molar-refractivity contribution >= 4 is 21.7 Å². The molecule has 14 heavy (non-hydrogen) atoms. The van der Waals surface area contributed by atoms with Crippen LogP contribution in [0.3, 0.4) is 0 Å². The number of aryl methyl sites for hydroxylation is 1. The summed E-state index contributed by atoms with van der Waals surface area (Å²) < 4.78 is 1.98. The molecule has 1 atom stereocenters. The number of hydrogen-bond donors (Lipinski definition) is 0. The van der Waals surface area contributed by atoms with E-state index in [9.17, 15) is 9.59 Å². The van der Waals surface area contributed by atoms with Gasteiger partial charge in [0.25, 0.3) is 5.56 Å². The van der Waals surface area contributed by atoms with Gasteiger partial charge in [0.2, 0.25) is 0 Å². The number of hydrogen-bond acceptors (Lipinski definition) is 2. The minimum atomic E-state index is -0.403. The Bertz CT molecular complexity index is 423. The van der Waals surface area contributed by atoms with E-state index >= 15 is 0 Å². The topological polar surface area (TPSA) is 39.1 Å². The van der Waals surface area contributed by atoms with Crippen LogP contribution in [0.25, 0.3) is 0 Å². The lowest BCUT2D eigenvalue weighted by Crippen LogP contribution is -2.29. The van der Waals surface area contributed by atoms with E-state index in [0.717, 1.165) is 5.69 Å². The predicted octanol–water partition coefficient (Wildman–Crippen LogP) is 2.07. The summed E-state index contributed by atoms with van der Waals surface area (Å²) in [4.78, 5) is 22.9. The molecule has 1 unspecified atom stereocenters. The van der Waals surface area contributed by atoms with Gasteiger partial charge in [-0.2, -0.15) is 0 Å². The molecular formula is C10H12BrNO2. The van der Waals surface area contributed by atoms with E-state index in [2.05, 4.69) is 15.9 Å². The Morgan fingerprint density at radius 2 is 2.07 bits per heavy atom. The molecule has 0 amide bonds. The quantitative estimate of drug-likeness (QED) is 0.814. The molecule has 1 heterocycles. The highest BCUT2D eigenvalue weighted by Gasteiger charge is 2.14. The molecule has 0 aliphatic carbocycles. The number of carbonyl (C=O) groups is 1. The number of carbonyl (C=O) groups excluding carboxylic acids is 1. The van der Waals surface area contributed by atoms with Gasteiger partial charge in [0, 0.05) is 5.69 Å². The van der Waals surface area contributed by atoms with Crippen LogP contribution in [0.4, 0.5) is 0 Å². The van der Waals surface area contributed by atoms with Gasteiger partial charge in [-0.15, -0.1) is 0 Å². The highest BCUT2D eigenvalue weighted by molar-refractivity contribution is 9.10. The van der Waals surface area contributed by atoms with Crippen molar-refractivity contribution in [2.24, 2.45) is 0 Å². The van der Waals surface area contributed by atoms with Gasteiger partial charge in [-0.05, 0) is 48.8 Å². The molecule has 0 aliphatic rings. The molecule has 0 saturated carbocycles. The zero-order valence-electron chi connectivity index (χ0n) is 8.37. The fourth-order valence-electron chi connectivity index (χ4n) is 1.28. The van der Waals surface area contributed by atoms with Gasteiger partial charge in [0.15, 0.2) is 5.78 Å². The van der Waals surface area contributed by atoms with Crippen LogP contribution in [0.2, 0.25) is 0 Å². The Balaban J connectivity index is 3.40. The van der Waals surface area contributed by atoms with E-state index in [1.807, 2.05) is 13.0 Å². The first-order valence-corrected chi connectivity index (χ1v) is 5.12. The number of pyridine rings is 1. The second-order valence-electron chi connectivity index (χ2n) is 3.28. The normalized spacial score (nSPS) is 12.6. The summed E-state index contributed by atoms with van der Waals surface area (Å²) in [7, 11) is 0. The SMILES string of the molecule is CC(=O)C(C)n1c(C)ccc(Br)c1=O. The molecule has 0 spiro atoms. The monoisotopic (exact) mass is 257 g/mol. The molecule has 3 nitrogen and oxygen atoms in total. The average molecular weight is 258 g/mol. The van der Waals surface area contributed by atoms with Crippen LogP contribution in [0.5, 0.6) is 0 Å². The van der Waals surface area contributed by atoms with Crippen LogP contribution >= 0.6 is 15.9 Å².